The molecule has 2 N–H and O–H groups in total. The van der Waals surface area contributed by atoms with Gasteiger partial charge in [-0.3, -0.25) is 0 Å². The molecule has 0 aliphatic carbocycles. The van der Waals surface area contributed by atoms with E-state index in [4.69, 9.17) is 4.98 Å². The first-order valence-corrected chi connectivity index (χ1v) is 12.2. The summed E-state index contributed by atoms with van der Waals surface area (Å²) < 4.78 is 0. The summed E-state index contributed by atoms with van der Waals surface area (Å²) in [7, 11) is 0. The molecule has 0 bridgehead atoms. The van der Waals surface area contributed by atoms with Crippen LogP contribution in [0.4, 0.5) is 5.69 Å². The van der Waals surface area contributed by atoms with Gasteiger partial charge in [-0.25, -0.2) is 4.98 Å². The van der Waals surface area contributed by atoms with E-state index in [1.54, 1.807) is 11.3 Å². The van der Waals surface area contributed by atoms with Crippen molar-refractivity contribution < 1.29 is 5.11 Å². The molecule has 4 nitrogen and oxygen atoms in total. The number of hydrogen-bond donors (Lipinski definition) is 2. The molecule has 0 radical (unpaired) electrons. The van der Waals surface area contributed by atoms with Gasteiger partial charge in [-0.1, -0.05) is 54.1 Å². The van der Waals surface area contributed by atoms with Crippen molar-refractivity contribution in [3.63, 3.8) is 0 Å². The Morgan fingerprint density at radius 3 is 2.56 bits per heavy atom. The fraction of sp³-hybridized carbons (Fsp3) is 0.154. The van der Waals surface area contributed by atoms with Crippen LogP contribution >= 0.6 is 23.1 Å². The second kappa shape index (κ2) is 10.5. The lowest BCUT2D eigenvalue weighted by Gasteiger charge is -2.15. The summed E-state index contributed by atoms with van der Waals surface area (Å²) in [6.45, 7) is 2.47. The normalized spacial score (nSPS) is 11.7. The highest BCUT2D eigenvalue weighted by Crippen LogP contribution is 2.35. The van der Waals surface area contributed by atoms with Gasteiger partial charge in [0.05, 0.1) is 22.2 Å². The maximum absolute atomic E-state index is 10.5. The molecule has 2 heterocycles. The van der Waals surface area contributed by atoms with Crippen LogP contribution in [0.2, 0.25) is 0 Å². The Bertz CT molecular complexity index is 1200. The van der Waals surface area contributed by atoms with E-state index >= 15 is 0 Å². The largest absolute Gasteiger partial charge is 0.390 e. The minimum absolute atomic E-state index is 0.425. The zero-order valence-electron chi connectivity index (χ0n) is 17.7. The van der Waals surface area contributed by atoms with E-state index in [0.29, 0.717) is 22.9 Å². The number of benzene rings is 2. The van der Waals surface area contributed by atoms with Crippen LogP contribution < -0.4 is 5.32 Å². The summed E-state index contributed by atoms with van der Waals surface area (Å²) in [5.41, 5.74) is 5.39. The van der Waals surface area contributed by atoms with Crippen molar-refractivity contribution in [1.29, 1.82) is 5.26 Å². The van der Waals surface area contributed by atoms with E-state index in [1.807, 2.05) is 85.1 Å². The van der Waals surface area contributed by atoms with Crippen LogP contribution in [0, 0.1) is 18.3 Å². The van der Waals surface area contributed by atoms with Crippen molar-refractivity contribution >= 4 is 28.8 Å². The van der Waals surface area contributed by atoms with Crippen LogP contribution in [-0.4, -0.2) is 28.5 Å². The first-order valence-electron chi connectivity index (χ1n) is 10.3. The number of nitriles is 1. The van der Waals surface area contributed by atoms with Crippen molar-refractivity contribution in [2.45, 2.75) is 18.1 Å². The van der Waals surface area contributed by atoms with Crippen molar-refractivity contribution in [2.24, 2.45) is 0 Å². The zero-order valence-corrected chi connectivity index (χ0v) is 19.3. The fourth-order valence-electron chi connectivity index (χ4n) is 3.27. The molecule has 0 aliphatic rings. The molecule has 2 aromatic carbocycles. The van der Waals surface area contributed by atoms with Crippen LogP contribution in [0.15, 0.2) is 83.2 Å². The lowest BCUT2D eigenvalue weighted by Crippen LogP contribution is -2.22. The van der Waals surface area contributed by atoms with Crippen molar-refractivity contribution in [2.75, 3.05) is 17.6 Å². The molecule has 4 aromatic rings. The molecule has 160 valence electrons. The molecule has 4 rings (SSSR count). The first kappa shape index (κ1) is 22.1. The second-order valence-electron chi connectivity index (χ2n) is 7.40. The van der Waals surface area contributed by atoms with Gasteiger partial charge in [0.25, 0.3) is 0 Å². The number of nitrogens with one attached hydrogen (secondary N) is 1. The highest BCUT2D eigenvalue weighted by molar-refractivity contribution is 7.99. The topological polar surface area (TPSA) is 68.9 Å². The molecular formula is C26H23N3OS2. The van der Waals surface area contributed by atoms with E-state index in [9.17, 15) is 10.4 Å². The highest BCUT2D eigenvalue weighted by atomic mass is 32.2. The van der Waals surface area contributed by atoms with Crippen LogP contribution in [-0.2, 0) is 0 Å². The molecule has 0 amide bonds. The van der Waals surface area contributed by atoms with Gasteiger partial charge in [0, 0.05) is 23.5 Å². The number of pyridine rings is 1. The summed E-state index contributed by atoms with van der Waals surface area (Å²) in [6.07, 6.45) is -0.583. The first-order chi connectivity index (χ1) is 15.6. The van der Waals surface area contributed by atoms with Crippen molar-refractivity contribution in [3.8, 4) is 27.8 Å². The average Bonchev–Trinajstić information content (AvgIpc) is 3.37. The number of nitrogens with zero attached hydrogens (tertiary/aromatic N) is 2. The van der Waals surface area contributed by atoms with Gasteiger partial charge in [0.15, 0.2) is 0 Å². The number of rotatable bonds is 8. The number of aliphatic hydroxyl groups is 1. The predicted octanol–water partition coefficient (Wildman–Crippen LogP) is 6.22. The minimum atomic E-state index is -0.583. The van der Waals surface area contributed by atoms with E-state index in [2.05, 4.69) is 11.4 Å². The quantitative estimate of drug-likeness (QED) is 0.307. The van der Waals surface area contributed by atoms with Gasteiger partial charge in [-0.15, -0.1) is 23.1 Å². The van der Waals surface area contributed by atoms with Gasteiger partial charge in [-0.05, 0) is 42.1 Å². The van der Waals surface area contributed by atoms with Crippen molar-refractivity contribution in [1.82, 2.24) is 4.98 Å². The number of anilines is 1. The van der Waals surface area contributed by atoms with E-state index in [0.717, 1.165) is 27.4 Å². The standard InChI is InChI=1S/C26H23N3OS2/c1-18-9-11-20(12-10-18)28-16-21(30)17-32-26-23(15-27)22(19-6-3-2-4-7-19)14-24(29-26)25-8-5-13-31-25/h2-14,21,28,30H,16-17H2,1H3. The molecular weight excluding hydrogens is 434 g/mol. The summed E-state index contributed by atoms with van der Waals surface area (Å²) in [5, 5.41) is 26.4. The molecule has 32 heavy (non-hydrogen) atoms. The molecule has 1 unspecified atom stereocenters. The Morgan fingerprint density at radius 1 is 1.09 bits per heavy atom. The number of hydrogen-bond acceptors (Lipinski definition) is 6. The second-order valence-corrected chi connectivity index (χ2v) is 9.36. The Morgan fingerprint density at radius 2 is 1.88 bits per heavy atom. The molecule has 0 spiro atoms. The van der Waals surface area contributed by atoms with E-state index in [-0.39, 0.29) is 0 Å². The Hall–Kier alpha value is -3.11. The number of aromatic nitrogens is 1. The molecule has 1 atom stereocenters. The predicted molar refractivity (Wildman–Crippen MR) is 134 cm³/mol. The van der Waals surface area contributed by atoms with E-state index < -0.39 is 6.10 Å². The number of aryl methyl sites for hydroxylation is 1. The molecule has 0 saturated heterocycles. The minimum Gasteiger partial charge on any atom is -0.390 e. The number of thioether (sulfide) groups is 1. The SMILES string of the molecule is Cc1ccc(NCC(O)CSc2nc(-c3cccs3)cc(-c3ccccc3)c2C#N)cc1. The molecule has 0 aliphatic heterocycles. The summed E-state index contributed by atoms with van der Waals surface area (Å²) in [5.74, 6) is 0.433. The van der Waals surface area contributed by atoms with Gasteiger partial charge in [-0.2, -0.15) is 5.26 Å². The number of aliphatic hydroxyl groups excluding tert-OH is 1. The van der Waals surface area contributed by atoms with Crippen LogP contribution in [0.3, 0.4) is 0 Å². The van der Waals surface area contributed by atoms with E-state index in [1.165, 1.54) is 17.3 Å². The van der Waals surface area contributed by atoms with Gasteiger partial charge >= 0.3 is 0 Å². The third-order valence-corrected chi connectivity index (χ3v) is 6.97. The zero-order chi connectivity index (χ0) is 22.3. The van der Waals surface area contributed by atoms with Gasteiger partial charge in [0.2, 0.25) is 0 Å². The smallest absolute Gasteiger partial charge is 0.115 e. The Labute approximate surface area is 196 Å². The van der Waals surface area contributed by atoms with Crippen LogP contribution in [0.1, 0.15) is 11.1 Å². The maximum atomic E-state index is 10.5. The summed E-state index contributed by atoms with van der Waals surface area (Å²) in [4.78, 5) is 5.84. The van der Waals surface area contributed by atoms with Crippen molar-refractivity contribution in [3.05, 3.63) is 89.3 Å². The lowest BCUT2D eigenvalue weighted by atomic mass is 10.0. The van der Waals surface area contributed by atoms with Crippen LogP contribution in [0.5, 0.6) is 0 Å². The lowest BCUT2D eigenvalue weighted by molar-refractivity contribution is 0.213. The third-order valence-electron chi connectivity index (χ3n) is 4.96. The summed E-state index contributed by atoms with van der Waals surface area (Å²) >= 11 is 3.04. The third kappa shape index (κ3) is 5.38. The molecule has 0 saturated carbocycles. The molecule has 2 aromatic heterocycles. The maximum Gasteiger partial charge on any atom is 0.115 e. The average molecular weight is 458 g/mol. The Kier molecular flexibility index (Phi) is 7.23. The van der Waals surface area contributed by atoms with Gasteiger partial charge < -0.3 is 10.4 Å². The number of thiophene rings is 1. The highest BCUT2D eigenvalue weighted by Gasteiger charge is 2.17. The van der Waals surface area contributed by atoms with Crippen LogP contribution in [0.25, 0.3) is 21.7 Å². The fourth-order valence-corrected chi connectivity index (χ4v) is 4.89. The monoisotopic (exact) mass is 457 g/mol. The molecule has 0 fully saturated rings. The summed E-state index contributed by atoms with van der Waals surface area (Å²) in [6, 6.07) is 26.3. The Balaban J connectivity index is 1.56. The van der Waals surface area contributed by atoms with Gasteiger partial charge in [0.1, 0.15) is 11.1 Å². The molecule has 6 heteroatoms.